The molecule has 0 N–H and O–H groups in total. The van der Waals surface area contributed by atoms with Gasteiger partial charge in [0, 0.05) is 25.2 Å². The van der Waals surface area contributed by atoms with E-state index in [1.807, 2.05) is 25.9 Å². The number of carbonyl (C=O) groups excluding carboxylic acids is 1. The van der Waals surface area contributed by atoms with E-state index < -0.39 is 0 Å². The molecule has 1 aliphatic heterocycles. The molecule has 5 nitrogen and oxygen atoms in total. The number of hydrogen-bond donors (Lipinski definition) is 0. The Bertz CT molecular complexity index is 552. The summed E-state index contributed by atoms with van der Waals surface area (Å²) in [6, 6.07) is 0.699. The fourth-order valence-electron chi connectivity index (χ4n) is 3.34. The van der Waals surface area contributed by atoms with Crippen molar-refractivity contribution in [1.82, 2.24) is 19.6 Å². The van der Waals surface area contributed by atoms with Crippen molar-refractivity contribution in [3.05, 3.63) is 16.4 Å². The molecule has 2 aliphatic rings. The lowest BCUT2D eigenvalue weighted by molar-refractivity contribution is -0.133. The van der Waals surface area contributed by atoms with Crippen LogP contribution in [-0.4, -0.2) is 51.7 Å². The molecule has 1 aliphatic carbocycles. The molecule has 1 saturated carbocycles. The molecule has 2 heterocycles. The smallest absolute Gasteiger partial charge is 0.237 e. The summed E-state index contributed by atoms with van der Waals surface area (Å²) < 4.78 is 1.70. The van der Waals surface area contributed by atoms with Crippen LogP contribution in [0.25, 0.3) is 0 Å². The lowest BCUT2D eigenvalue weighted by Gasteiger charge is -2.27. The molecule has 1 aromatic rings. The monoisotopic (exact) mass is 310 g/mol. The fourth-order valence-corrected chi connectivity index (χ4v) is 3.64. The number of hydrogen-bond acceptors (Lipinski definition) is 3. The van der Waals surface area contributed by atoms with Gasteiger partial charge in [-0.15, -0.1) is 0 Å². The van der Waals surface area contributed by atoms with Gasteiger partial charge in [0.15, 0.2) is 0 Å². The zero-order chi connectivity index (χ0) is 15.1. The SMILES string of the molecule is Cc1nn(C)c(Cl)c1C1CCCN1C(=O)CN(C)C1CC1. The average Bonchev–Trinajstić information content (AvgIpc) is 3.12. The summed E-state index contributed by atoms with van der Waals surface area (Å²) in [5.41, 5.74) is 1.96. The number of likely N-dealkylation sites (tertiary alicyclic amines) is 1. The second kappa shape index (κ2) is 5.61. The van der Waals surface area contributed by atoms with Crippen LogP contribution in [0.5, 0.6) is 0 Å². The van der Waals surface area contributed by atoms with Gasteiger partial charge in [-0.25, -0.2) is 0 Å². The van der Waals surface area contributed by atoms with Crippen molar-refractivity contribution < 1.29 is 4.79 Å². The van der Waals surface area contributed by atoms with Crippen molar-refractivity contribution in [2.24, 2.45) is 7.05 Å². The number of rotatable bonds is 4. The van der Waals surface area contributed by atoms with Gasteiger partial charge in [-0.05, 0) is 39.7 Å². The zero-order valence-electron chi connectivity index (χ0n) is 13.0. The maximum atomic E-state index is 12.6. The van der Waals surface area contributed by atoms with Crippen molar-refractivity contribution >= 4 is 17.5 Å². The van der Waals surface area contributed by atoms with E-state index in [1.165, 1.54) is 12.8 Å². The molecule has 0 spiro atoms. The number of halogens is 1. The van der Waals surface area contributed by atoms with Crippen LogP contribution in [0.3, 0.4) is 0 Å². The Morgan fingerprint density at radius 3 is 2.71 bits per heavy atom. The van der Waals surface area contributed by atoms with Gasteiger partial charge in [0.05, 0.1) is 18.3 Å². The summed E-state index contributed by atoms with van der Waals surface area (Å²) in [5, 5.41) is 5.04. The average molecular weight is 311 g/mol. The predicted molar refractivity (Wildman–Crippen MR) is 82.3 cm³/mol. The van der Waals surface area contributed by atoms with Gasteiger partial charge < -0.3 is 4.90 Å². The minimum Gasteiger partial charge on any atom is -0.334 e. The molecule has 21 heavy (non-hydrogen) atoms. The number of carbonyl (C=O) groups is 1. The van der Waals surface area contributed by atoms with E-state index in [2.05, 4.69) is 10.00 Å². The summed E-state index contributed by atoms with van der Waals surface area (Å²) in [4.78, 5) is 16.8. The van der Waals surface area contributed by atoms with Gasteiger partial charge in [0.25, 0.3) is 0 Å². The Morgan fingerprint density at radius 2 is 2.14 bits per heavy atom. The van der Waals surface area contributed by atoms with E-state index in [4.69, 9.17) is 11.6 Å². The highest BCUT2D eigenvalue weighted by Crippen LogP contribution is 2.37. The first-order valence-electron chi connectivity index (χ1n) is 7.67. The van der Waals surface area contributed by atoms with Gasteiger partial charge in [-0.3, -0.25) is 14.4 Å². The predicted octanol–water partition coefficient (Wildman–Crippen LogP) is 2.14. The molecule has 3 rings (SSSR count). The van der Waals surface area contributed by atoms with E-state index in [0.717, 1.165) is 30.6 Å². The van der Waals surface area contributed by atoms with Crippen LogP contribution in [0.2, 0.25) is 5.15 Å². The van der Waals surface area contributed by atoms with Gasteiger partial charge >= 0.3 is 0 Å². The van der Waals surface area contributed by atoms with Gasteiger partial charge in [0.2, 0.25) is 5.91 Å². The summed E-state index contributed by atoms with van der Waals surface area (Å²) in [7, 11) is 3.89. The Morgan fingerprint density at radius 1 is 1.43 bits per heavy atom. The third-order valence-corrected chi connectivity index (χ3v) is 5.11. The van der Waals surface area contributed by atoms with Crippen LogP contribution in [0.15, 0.2) is 0 Å². The third kappa shape index (κ3) is 2.81. The standard InChI is InChI=1S/C15H23ClN4O/c1-10-14(15(16)19(3)17-10)12-5-4-8-20(12)13(21)9-18(2)11-6-7-11/h11-12H,4-9H2,1-3H3. The van der Waals surface area contributed by atoms with Gasteiger partial charge in [0.1, 0.15) is 5.15 Å². The first kappa shape index (κ1) is 14.9. The number of likely N-dealkylation sites (N-methyl/N-ethyl adjacent to an activating group) is 1. The van der Waals surface area contributed by atoms with E-state index in [-0.39, 0.29) is 11.9 Å². The lowest BCUT2D eigenvalue weighted by atomic mass is 10.1. The Balaban J connectivity index is 1.76. The van der Waals surface area contributed by atoms with Crippen molar-refractivity contribution in [2.45, 2.75) is 44.7 Å². The van der Waals surface area contributed by atoms with E-state index in [9.17, 15) is 4.79 Å². The molecule has 2 fully saturated rings. The van der Waals surface area contributed by atoms with E-state index >= 15 is 0 Å². The first-order chi connectivity index (χ1) is 9.99. The highest BCUT2D eigenvalue weighted by atomic mass is 35.5. The Labute approximate surface area is 130 Å². The van der Waals surface area contributed by atoms with Crippen LogP contribution in [0.1, 0.15) is 43.0 Å². The Kier molecular flexibility index (Phi) is 3.97. The molecule has 1 atom stereocenters. The molecular weight excluding hydrogens is 288 g/mol. The third-order valence-electron chi connectivity index (χ3n) is 4.66. The Hall–Kier alpha value is -1.07. The van der Waals surface area contributed by atoms with E-state index in [1.54, 1.807) is 4.68 Å². The highest BCUT2D eigenvalue weighted by molar-refractivity contribution is 6.30. The highest BCUT2D eigenvalue weighted by Gasteiger charge is 2.35. The fraction of sp³-hybridized carbons (Fsp3) is 0.733. The molecule has 1 saturated heterocycles. The summed E-state index contributed by atoms with van der Waals surface area (Å²) in [6.45, 7) is 3.31. The lowest BCUT2D eigenvalue weighted by Crippen LogP contribution is -2.39. The van der Waals surface area contributed by atoms with Crippen molar-refractivity contribution in [1.29, 1.82) is 0 Å². The molecule has 1 aromatic heterocycles. The van der Waals surface area contributed by atoms with Gasteiger partial charge in [-0.2, -0.15) is 5.10 Å². The zero-order valence-corrected chi connectivity index (χ0v) is 13.7. The van der Waals surface area contributed by atoms with Crippen LogP contribution in [-0.2, 0) is 11.8 Å². The minimum atomic E-state index is 0.0892. The van der Waals surface area contributed by atoms with Crippen molar-refractivity contribution in [3.63, 3.8) is 0 Å². The molecule has 0 radical (unpaired) electrons. The topological polar surface area (TPSA) is 41.4 Å². The molecule has 6 heteroatoms. The maximum absolute atomic E-state index is 12.6. The molecule has 116 valence electrons. The number of aryl methyl sites for hydroxylation is 2. The number of aromatic nitrogens is 2. The second-order valence-electron chi connectivity index (χ2n) is 6.30. The molecule has 0 aromatic carbocycles. The normalized spacial score (nSPS) is 22.3. The second-order valence-corrected chi connectivity index (χ2v) is 6.66. The van der Waals surface area contributed by atoms with Crippen LogP contribution in [0.4, 0.5) is 0 Å². The largest absolute Gasteiger partial charge is 0.334 e. The first-order valence-corrected chi connectivity index (χ1v) is 8.05. The summed E-state index contributed by atoms with van der Waals surface area (Å²) in [6.07, 6.45) is 4.46. The number of nitrogens with zero attached hydrogens (tertiary/aromatic N) is 4. The molecule has 0 bridgehead atoms. The van der Waals surface area contributed by atoms with Crippen LogP contribution in [0, 0.1) is 6.92 Å². The number of amides is 1. The quantitative estimate of drug-likeness (QED) is 0.855. The molecule has 1 unspecified atom stereocenters. The van der Waals surface area contributed by atoms with Crippen LogP contribution >= 0.6 is 11.6 Å². The van der Waals surface area contributed by atoms with E-state index in [0.29, 0.717) is 17.7 Å². The summed E-state index contributed by atoms with van der Waals surface area (Å²) >= 11 is 6.38. The van der Waals surface area contributed by atoms with Crippen LogP contribution < -0.4 is 0 Å². The molecule has 1 amide bonds. The molecular formula is C15H23ClN4O. The van der Waals surface area contributed by atoms with Crippen molar-refractivity contribution in [3.8, 4) is 0 Å². The maximum Gasteiger partial charge on any atom is 0.237 e. The summed E-state index contributed by atoms with van der Waals surface area (Å²) in [5.74, 6) is 0.214. The minimum absolute atomic E-state index is 0.0892. The van der Waals surface area contributed by atoms with Gasteiger partial charge in [-0.1, -0.05) is 11.6 Å². The van der Waals surface area contributed by atoms with Crippen molar-refractivity contribution in [2.75, 3.05) is 20.1 Å².